The molecular weight excluding hydrogens is 210 g/mol. The lowest BCUT2D eigenvalue weighted by Crippen LogP contribution is -2.37. The van der Waals surface area contributed by atoms with Gasteiger partial charge in [-0.15, -0.1) is 0 Å². The summed E-state index contributed by atoms with van der Waals surface area (Å²) in [6, 6.07) is 0. The Morgan fingerprint density at radius 1 is 0.647 bits per heavy atom. The van der Waals surface area contributed by atoms with E-state index in [0.717, 1.165) is 13.1 Å². The van der Waals surface area contributed by atoms with Gasteiger partial charge in [0.15, 0.2) is 5.96 Å². The molecule has 1 rings (SSSR count). The number of nitrogens with two attached hydrogens (primary N) is 1. The Morgan fingerprint density at radius 2 is 0.941 bits per heavy atom. The monoisotopic (exact) mass is 239 g/mol. The van der Waals surface area contributed by atoms with Gasteiger partial charge in [0.1, 0.15) is 0 Å². The molecule has 0 aliphatic carbocycles. The van der Waals surface area contributed by atoms with E-state index in [2.05, 4.69) is 0 Å². The highest BCUT2D eigenvalue weighted by molar-refractivity contribution is 5.74. The minimum absolute atomic E-state index is 0.261. The van der Waals surface area contributed by atoms with Gasteiger partial charge in [0, 0.05) is 13.1 Å². The van der Waals surface area contributed by atoms with Crippen LogP contribution in [0.15, 0.2) is 0 Å². The minimum atomic E-state index is 0.261. The molecule has 0 bridgehead atoms. The van der Waals surface area contributed by atoms with Crippen LogP contribution in [-0.4, -0.2) is 23.9 Å². The fourth-order valence-corrected chi connectivity index (χ4v) is 2.55. The molecule has 3 heteroatoms. The van der Waals surface area contributed by atoms with E-state index >= 15 is 0 Å². The highest BCUT2D eigenvalue weighted by Crippen LogP contribution is 2.13. The lowest BCUT2D eigenvalue weighted by Gasteiger charge is -2.22. The van der Waals surface area contributed by atoms with Crippen molar-refractivity contribution >= 4 is 5.96 Å². The lowest BCUT2D eigenvalue weighted by atomic mass is 10.0. The van der Waals surface area contributed by atoms with E-state index in [9.17, 15) is 0 Å². The van der Waals surface area contributed by atoms with Crippen LogP contribution in [0.5, 0.6) is 0 Å². The van der Waals surface area contributed by atoms with Crippen molar-refractivity contribution in [1.29, 1.82) is 5.41 Å². The van der Waals surface area contributed by atoms with Crippen LogP contribution in [0.4, 0.5) is 0 Å². The van der Waals surface area contributed by atoms with Gasteiger partial charge in [-0.3, -0.25) is 5.41 Å². The molecule has 1 aliphatic heterocycles. The van der Waals surface area contributed by atoms with Crippen molar-refractivity contribution in [2.24, 2.45) is 5.73 Å². The quantitative estimate of drug-likeness (QED) is 0.502. The topological polar surface area (TPSA) is 53.1 Å². The fraction of sp³-hybridized carbons (Fsp3) is 0.929. The first kappa shape index (κ1) is 14.3. The van der Waals surface area contributed by atoms with Crippen molar-refractivity contribution in [2.75, 3.05) is 13.1 Å². The second-order valence-electron chi connectivity index (χ2n) is 5.26. The van der Waals surface area contributed by atoms with Crippen LogP contribution >= 0.6 is 0 Å². The zero-order valence-electron chi connectivity index (χ0n) is 11.2. The van der Waals surface area contributed by atoms with E-state index in [0.29, 0.717) is 0 Å². The van der Waals surface area contributed by atoms with Gasteiger partial charge in [0.25, 0.3) is 0 Å². The summed E-state index contributed by atoms with van der Waals surface area (Å²) in [5, 5.41) is 7.56. The molecule has 0 saturated carbocycles. The Balaban J connectivity index is 2.26. The molecule has 1 saturated heterocycles. The van der Waals surface area contributed by atoms with Crippen molar-refractivity contribution in [3.8, 4) is 0 Å². The Kier molecular flexibility index (Phi) is 7.85. The molecule has 17 heavy (non-hydrogen) atoms. The summed E-state index contributed by atoms with van der Waals surface area (Å²) in [7, 11) is 0. The highest BCUT2D eigenvalue weighted by atomic mass is 15.2. The largest absolute Gasteiger partial charge is 0.370 e. The fourth-order valence-electron chi connectivity index (χ4n) is 2.55. The van der Waals surface area contributed by atoms with E-state index in [1.54, 1.807) is 0 Å². The predicted molar refractivity (Wildman–Crippen MR) is 74.3 cm³/mol. The molecule has 0 amide bonds. The maximum atomic E-state index is 7.56. The summed E-state index contributed by atoms with van der Waals surface area (Å²) >= 11 is 0. The minimum Gasteiger partial charge on any atom is -0.370 e. The van der Waals surface area contributed by atoms with Gasteiger partial charge in [-0.05, 0) is 12.8 Å². The highest BCUT2D eigenvalue weighted by Gasteiger charge is 2.06. The van der Waals surface area contributed by atoms with Gasteiger partial charge in [0.05, 0.1) is 0 Å². The number of rotatable bonds is 0. The maximum absolute atomic E-state index is 7.56. The zero-order valence-corrected chi connectivity index (χ0v) is 11.2. The Hall–Kier alpha value is -0.730. The van der Waals surface area contributed by atoms with Crippen LogP contribution < -0.4 is 5.73 Å². The molecule has 0 aromatic rings. The average molecular weight is 239 g/mol. The number of hydrogen-bond donors (Lipinski definition) is 2. The van der Waals surface area contributed by atoms with E-state index in [1.165, 1.54) is 70.6 Å². The summed E-state index contributed by atoms with van der Waals surface area (Å²) in [4.78, 5) is 2.05. The molecule has 3 N–H and O–H groups in total. The summed E-state index contributed by atoms with van der Waals surface area (Å²) in [5.74, 6) is 0.261. The van der Waals surface area contributed by atoms with Crippen molar-refractivity contribution in [1.82, 2.24) is 4.90 Å². The average Bonchev–Trinajstić information content (AvgIpc) is 2.31. The van der Waals surface area contributed by atoms with Crippen LogP contribution in [0.1, 0.15) is 70.6 Å². The number of hydrogen-bond acceptors (Lipinski definition) is 1. The molecule has 3 nitrogen and oxygen atoms in total. The molecule has 0 aromatic heterocycles. The third-order valence-corrected chi connectivity index (χ3v) is 3.70. The summed E-state index contributed by atoms with van der Waals surface area (Å²) < 4.78 is 0. The normalized spacial score (nSPS) is 21.8. The molecule has 0 unspecified atom stereocenters. The Morgan fingerprint density at radius 3 is 1.24 bits per heavy atom. The van der Waals surface area contributed by atoms with E-state index in [4.69, 9.17) is 11.1 Å². The molecule has 0 aromatic carbocycles. The molecule has 100 valence electrons. The SMILES string of the molecule is N=C(N)N1CCCCCCCCCCCCC1. The van der Waals surface area contributed by atoms with E-state index in [1.807, 2.05) is 4.90 Å². The molecule has 0 radical (unpaired) electrons. The summed E-state index contributed by atoms with van der Waals surface area (Å²) in [6.07, 6.45) is 14.7. The van der Waals surface area contributed by atoms with Crippen molar-refractivity contribution in [2.45, 2.75) is 70.6 Å². The molecule has 0 atom stereocenters. The molecule has 1 heterocycles. The van der Waals surface area contributed by atoms with Crippen molar-refractivity contribution < 1.29 is 0 Å². The standard InChI is InChI=1S/C14H29N3/c15-14(16)17-12-10-8-6-4-2-1-3-5-7-9-11-13-17/h1-13H2,(H3,15,16). The Bertz CT molecular complexity index is 190. The predicted octanol–water partition coefficient (Wildman–Crippen LogP) is 3.49. The molecular formula is C14H29N3. The first-order valence-corrected chi connectivity index (χ1v) is 7.39. The number of nitrogens with one attached hydrogen (secondary N) is 1. The van der Waals surface area contributed by atoms with E-state index < -0.39 is 0 Å². The van der Waals surface area contributed by atoms with Gasteiger partial charge in [-0.25, -0.2) is 0 Å². The first-order valence-electron chi connectivity index (χ1n) is 7.39. The van der Waals surface area contributed by atoms with E-state index in [-0.39, 0.29) is 5.96 Å². The van der Waals surface area contributed by atoms with Gasteiger partial charge in [-0.2, -0.15) is 0 Å². The summed E-state index contributed by atoms with van der Waals surface area (Å²) in [6.45, 7) is 1.96. The second-order valence-corrected chi connectivity index (χ2v) is 5.26. The third kappa shape index (κ3) is 7.24. The third-order valence-electron chi connectivity index (χ3n) is 3.70. The van der Waals surface area contributed by atoms with Crippen molar-refractivity contribution in [3.05, 3.63) is 0 Å². The van der Waals surface area contributed by atoms with Crippen molar-refractivity contribution in [3.63, 3.8) is 0 Å². The second kappa shape index (κ2) is 9.32. The lowest BCUT2D eigenvalue weighted by molar-refractivity contribution is 0.375. The van der Waals surface area contributed by atoms with Crippen LogP contribution in [0.3, 0.4) is 0 Å². The van der Waals surface area contributed by atoms with Gasteiger partial charge in [-0.1, -0.05) is 57.8 Å². The molecule has 1 aliphatic rings. The number of nitrogens with zero attached hydrogens (tertiary/aromatic N) is 1. The van der Waals surface area contributed by atoms with Gasteiger partial charge < -0.3 is 10.6 Å². The summed E-state index contributed by atoms with van der Waals surface area (Å²) in [5.41, 5.74) is 5.61. The van der Waals surface area contributed by atoms with Gasteiger partial charge >= 0.3 is 0 Å². The maximum Gasteiger partial charge on any atom is 0.188 e. The number of guanidine groups is 1. The van der Waals surface area contributed by atoms with Crippen LogP contribution in [0.25, 0.3) is 0 Å². The first-order chi connectivity index (χ1) is 8.30. The molecule has 1 fully saturated rings. The van der Waals surface area contributed by atoms with Gasteiger partial charge in [0.2, 0.25) is 0 Å². The van der Waals surface area contributed by atoms with Crippen LogP contribution in [0, 0.1) is 5.41 Å². The zero-order chi connectivity index (χ0) is 12.3. The van der Waals surface area contributed by atoms with Crippen LogP contribution in [-0.2, 0) is 0 Å². The smallest absolute Gasteiger partial charge is 0.188 e. The Labute approximate surface area is 106 Å². The molecule has 0 spiro atoms. The van der Waals surface area contributed by atoms with Crippen LogP contribution in [0.2, 0.25) is 0 Å².